The Hall–Kier alpha value is -1.36. The fraction of sp³-hybridized carbons (Fsp3) is 0.625. The van der Waals surface area contributed by atoms with Crippen LogP contribution in [0.3, 0.4) is 0 Å². The average molecular weight is 309 g/mol. The molecular weight excluding hydrogens is 286 g/mol. The van der Waals surface area contributed by atoms with Gasteiger partial charge in [0.25, 0.3) is 5.91 Å². The van der Waals surface area contributed by atoms with Crippen molar-refractivity contribution in [2.24, 2.45) is 0 Å². The minimum Gasteiger partial charge on any atom is -0.481 e. The molecule has 116 valence electrons. The van der Waals surface area contributed by atoms with Crippen LogP contribution in [0.2, 0.25) is 0 Å². The Morgan fingerprint density at radius 1 is 1.14 bits per heavy atom. The summed E-state index contributed by atoms with van der Waals surface area (Å²) in [7, 11) is 0. The Labute approximate surface area is 129 Å². The molecule has 1 aliphatic carbocycles. The first-order chi connectivity index (χ1) is 10.2. The summed E-state index contributed by atoms with van der Waals surface area (Å²) in [6.45, 7) is 0.626. The van der Waals surface area contributed by atoms with Crippen molar-refractivity contribution in [2.45, 2.75) is 57.8 Å². The zero-order chi connectivity index (χ0) is 15.1. The summed E-state index contributed by atoms with van der Waals surface area (Å²) in [5, 5.41) is 11.5. The Kier molecular flexibility index (Phi) is 6.23. The van der Waals surface area contributed by atoms with Gasteiger partial charge in [-0.05, 0) is 50.2 Å². The molecule has 0 bridgehead atoms. The molecule has 1 aliphatic rings. The van der Waals surface area contributed by atoms with E-state index in [2.05, 4.69) is 11.4 Å². The summed E-state index contributed by atoms with van der Waals surface area (Å²) in [5.74, 6) is -0.731. The standard InChI is InChI=1S/C16H23NO3S/c18-15(19)9-5-2-6-10-17-16(20)14-11-12-7-3-1-4-8-13(12)21-14/h11H,1-10H2,(H,17,20)(H,18,19). The average Bonchev–Trinajstić information content (AvgIpc) is 2.73. The van der Waals surface area contributed by atoms with E-state index < -0.39 is 5.97 Å². The number of thiophene rings is 1. The monoisotopic (exact) mass is 309 g/mol. The Bertz CT molecular complexity index is 472. The van der Waals surface area contributed by atoms with Crippen LogP contribution in [0.4, 0.5) is 0 Å². The Morgan fingerprint density at radius 2 is 1.95 bits per heavy atom. The number of nitrogens with one attached hydrogen (secondary N) is 1. The van der Waals surface area contributed by atoms with Crippen molar-refractivity contribution in [2.75, 3.05) is 6.54 Å². The first-order valence-electron chi connectivity index (χ1n) is 7.78. The molecule has 0 unspecified atom stereocenters. The molecule has 1 aromatic rings. The van der Waals surface area contributed by atoms with Crippen molar-refractivity contribution in [1.82, 2.24) is 5.32 Å². The van der Waals surface area contributed by atoms with Crippen LogP contribution in [0.15, 0.2) is 6.07 Å². The fourth-order valence-electron chi connectivity index (χ4n) is 2.65. The summed E-state index contributed by atoms with van der Waals surface area (Å²) in [6.07, 6.45) is 8.55. The largest absolute Gasteiger partial charge is 0.481 e. The highest BCUT2D eigenvalue weighted by molar-refractivity contribution is 7.14. The first-order valence-corrected chi connectivity index (χ1v) is 8.60. The van der Waals surface area contributed by atoms with Crippen molar-refractivity contribution in [3.8, 4) is 0 Å². The lowest BCUT2D eigenvalue weighted by atomic mass is 10.1. The summed E-state index contributed by atoms with van der Waals surface area (Å²) in [4.78, 5) is 24.7. The number of carbonyl (C=O) groups is 2. The van der Waals surface area contributed by atoms with Crippen molar-refractivity contribution in [3.05, 3.63) is 21.4 Å². The zero-order valence-corrected chi connectivity index (χ0v) is 13.1. The van der Waals surface area contributed by atoms with E-state index in [-0.39, 0.29) is 12.3 Å². The topological polar surface area (TPSA) is 66.4 Å². The van der Waals surface area contributed by atoms with E-state index in [4.69, 9.17) is 5.11 Å². The quantitative estimate of drug-likeness (QED) is 0.599. The molecule has 0 aliphatic heterocycles. The molecule has 5 heteroatoms. The molecule has 0 aromatic carbocycles. The van der Waals surface area contributed by atoms with Gasteiger partial charge in [0.05, 0.1) is 4.88 Å². The molecule has 1 aromatic heterocycles. The molecule has 0 spiro atoms. The van der Waals surface area contributed by atoms with E-state index in [1.807, 2.05) is 0 Å². The number of fused-ring (bicyclic) bond motifs is 1. The van der Waals surface area contributed by atoms with Gasteiger partial charge >= 0.3 is 5.97 Å². The van der Waals surface area contributed by atoms with E-state index in [1.54, 1.807) is 11.3 Å². The SMILES string of the molecule is O=C(O)CCCCCNC(=O)c1cc2c(s1)CCCCC2. The zero-order valence-electron chi connectivity index (χ0n) is 12.3. The lowest BCUT2D eigenvalue weighted by Gasteiger charge is -2.03. The fourth-order valence-corrected chi connectivity index (χ4v) is 3.82. The van der Waals surface area contributed by atoms with Crippen molar-refractivity contribution in [3.63, 3.8) is 0 Å². The number of unbranched alkanes of at least 4 members (excludes halogenated alkanes) is 2. The molecule has 0 atom stereocenters. The predicted molar refractivity (Wildman–Crippen MR) is 84.0 cm³/mol. The molecule has 0 saturated carbocycles. The third-order valence-corrected chi connectivity index (χ3v) is 5.06. The van der Waals surface area contributed by atoms with E-state index in [0.29, 0.717) is 13.0 Å². The van der Waals surface area contributed by atoms with E-state index in [1.165, 1.54) is 29.7 Å². The van der Waals surface area contributed by atoms with Gasteiger partial charge in [-0.25, -0.2) is 0 Å². The summed E-state index contributed by atoms with van der Waals surface area (Å²) in [5.41, 5.74) is 1.36. The number of hydrogen-bond acceptors (Lipinski definition) is 3. The normalized spacial score (nSPS) is 14.3. The number of aryl methyl sites for hydroxylation is 2. The number of carboxylic acid groups (broad SMARTS) is 1. The summed E-state index contributed by atoms with van der Waals surface area (Å²) < 4.78 is 0. The first kappa shape index (κ1) is 16.0. The third-order valence-electron chi connectivity index (χ3n) is 3.82. The lowest BCUT2D eigenvalue weighted by molar-refractivity contribution is -0.137. The molecule has 1 heterocycles. The number of carbonyl (C=O) groups excluding carboxylic acids is 1. The highest BCUT2D eigenvalue weighted by Gasteiger charge is 2.15. The third kappa shape index (κ3) is 5.16. The van der Waals surface area contributed by atoms with Crippen LogP contribution in [0.1, 0.15) is 65.1 Å². The van der Waals surface area contributed by atoms with Crippen LogP contribution in [0.5, 0.6) is 0 Å². The lowest BCUT2D eigenvalue weighted by Crippen LogP contribution is -2.23. The van der Waals surface area contributed by atoms with Gasteiger partial charge in [0.15, 0.2) is 0 Å². The van der Waals surface area contributed by atoms with Crippen LogP contribution in [-0.2, 0) is 17.6 Å². The van der Waals surface area contributed by atoms with Gasteiger partial charge in [-0.2, -0.15) is 0 Å². The molecule has 0 saturated heterocycles. The van der Waals surface area contributed by atoms with Crippen LogP contribution in [0, 0.1) is 0 Å². The molecule has 0 fully saturated rings. The number of aliphatic carboxylic acids is 1. The van der Waals surface area contributed by atoms with E-state index >= 15 is 0 Å². The van der Waals surface area contributed by atoms with Crippen molar-refractivity contribution in [1.29, 1.82) is 0 Å². The second kappa shape index (κ2) is 8.17. The molecular formula is C16H23NO3S. The van der Waals surface area contributed by atoms with Gasteiger partial charge in [0.2, 0.25) is 0 Å². The number of hydrogen-bond donors (Lipinski definition) is 2. The number of rotatable bonds is 7. The van der Waals surface area contributed by atoms with Crippen LogP contribution < -0.4 is 5.32 Å². The Morgan fingerprint density at radius 3 is 2.76 bits per heavy atom. The van der Waals surface area contributed by atoms with Gasteiger partial charge in [-0.3, -0.25) is 9.59 Å². The summed E-state index contributed by atoms with van der Waals surface area (Å²) in [6, 6.07) is 2.06. The Balaban J connectivity index is 1.72. The highest BCUT2D eigenvalue weighted by atomic mass is 32.1. The molecule has 0 radical (unpaired) electrons. The van der Waals surface area contributed by atoms with Gasteiger partial charge in [-0.1, -0.05) is 12.8 Å². The number of amides is 1. The molecule has 2 N–H and O–H groups in total. The van der Waals surface area contributed by atoms with E-state index in [9.17, 15) is 9.59 Å². The van der Waals surface area contributed by atoms with Crippen LogP contribution in [0.25, 0.3) is 0 Å². The molecule has 2 rings (SSSR count). The van der Waals surface area contributed by atoms with Gasteiger partial charge in [0, 0.05) is 17.8 Å². The molecule has 21 heavy (non-hydrogen) atoms. The maximum absolute atomic E-state index is 12.1. The second-order valence-corrected chi connectivity index (χ2v) is 6.72. The smallest absolute Gasteiger partial charge is 0.303 e. The highest BCUT2D eigenvalue weighted by Crippen LogP contribution is 2.28. The minimum absolute atomic E-state index is 0.0197. The second-order valence-electron chi connectivity index (χ2n) is 5.58. The van der Waals surface area contributed by atoms with Crippen molar-refractivity contribution < 1.29 is 14.7 Å². The van der Waals surface area contributed by atoms with Gasteiger partial charge in [0.1, 0.15) is 0 Å². The maximum Gasteiger partial charge on any atom is 0.303 e. The van der Waals surface area contributed by atoms with Gasteiger partial charge in [-0.15, -0.1) is 11.3 Å². The summed E-state index contributed by atoms with van der Waals surface area (Å²) >= 11 is 1.64. The predicted octanol–water partition coefficient (Wildman–Crippen LogP) is 3.39. The maximum atomic E-state index is 12.1. The van der Waals surface area contributed by atoms with E-state index in [0.717, 1.165) is 30.6 Å². The van der Waals surface area contributed by atoms with Crippen LogP contribution >= 0.6 is 11.3 Å². The molecule has 4 nitrogen and oxygen atoms in total. The van der Waals surface area contributed by atoms with Crippen LogP contribution in [-0.4, -0.2) is 23.5 Å². The minimum atomic E-state index is -0.751. The van der Waals surface area contributed by atoms with Crippen molar-refractivity contribution >= 4 is 23.2 Å². The van der Waals surface area contributed by atoms with Gasteiger partial charge < -0.3 is 10.4 Å². The number of carboxylic acids is 1. The molecule has 1 amide bonds.